The van der Waals surface area contributed by atoms with Crippen molar-refractivity contribution in [2.45, 2.75) is 0 Å². The first-order valence-electron chi connectivity index (χ1n) is 6.58. The highest BCUT2D eigenvalue weighted by Crippen LogP contribution is 2.22. The lowest BCUT2D eigenvalue weighted by Crippen LogP contribution is -2.12. The fourth-order valence-electron chi connectivity index (χ4n) is 1.75. The van der Waals surface area contributed by atoms with Gasteiger partial charge in [0.1, 0.15) is 12.4 Å². The number of hydrogen-bond donors (Lipinski definition) is 1. The van der Waals surface area contributed by atoms with Crippen molar-refractivity contribution in [2.75, 3.05) is 25.6 Å². The van der Waals surface area contributed by atoms with Crippen molar-refractivity contribution >= 4 is 34.8 Å². The number of amides is 1. The standard InChI is InChI=1S/C16H15Cl2NO3/c1-21-8-9-22-13-5-3-12(4-6-13)19-16(20)14-7-2-11(17)10-15(14)18/h2-7,10H,8-9H2,1H3,(H,19,20). The van der Waals surface area contributed by atoms with Crippen LogP contribution in [0.25, 0.3) is 0 Å². The molecule has 1 amide bonds. The second-order valence-corrected chi connectivity index (χ2v) is 5.29. The van der Waals surface area contributed by atoms with Gasteiger partial charge in [-0.3, -0.25) is 4.79 Å². The number of carbonyl (C=O) groups excluding carboxylic acids is 1. The van der Waals surface area contributed by atoms with Gasteiger partial charge in [0, 0.05) is 17.8 Å². The van der Waals surface area contributed by atoms with Gasteiger partial charge in [0.05, 0.1) is 17.2 Å². The predicted octanol–water partition coefficient (Wildman–Crippen LogP) is 4.27. The number of methoxy groups -OCH3 is 1. The van der Waals surface area contributed by atoms with Crippen LogP contribution in [0.4, 0.5) is 5.69 Å². The van der Waals surface area contributed by atoms with Crippen molar-refractivity contribution in [3.05, 3.63) is 58.1 Å². The number of ether oxygens (including phenoxy) is 2. The van der Waals surface area contributed by atoms with Gasteiger partial charge < -0.3 is 14.8 Å². The third-order valence-corrected chi connectivity index (χ3v) is 3.39. The van der Waals surface area contributed by atoms with Crippen LogP contribution in [0.2, 0.25) is 10.0 Å². The second kappa shape index (κ2) is 8.03. The molecule has 0 aliphatic rings. The monoisotopic (exact) mass is 339 g/mol. The van der Waals surface area contributed by atoms with E-state index in [0.29, 0.717) is 40.3 Å². The fourth-order valence-corrected chi connectivity index (χ4v) is 2.24. The summed E-state index contributed by atoms with van der Waals surface area (Å²) < 4.78 is 10.4. The van der Waals surface area contributed by atoms with E-state index in [1.165, 1.54) is 6.07 Å². The third kappa shape index (κ3) is 4.63. The van der Waals surface area contributed by atoms with E-state index in [1.807, 2.05) is 0 Å². The van der Waals surface area contributed by atoms with Crippen LogP contribution in [0.3, 0.4) is 0 Å². The minimum absolute atomic E-state index is 0.297. The van der Waals surface area contributed by atoms with Gasteiger partial charge >= 0.3 is 0 Å². The Balaban J connectivity index is 1.99. The molecular formula is C16H15Cl2NO3. The Hall–Kier alpha value is -1.75. The highest BCUT2D eigenvalue weighted by molar-refractivity contribution is 6.37. The quantitative estimate of drug-likeness (QED) is 0.799. The van der Waals surface area contributed by atoms with Gasteiger partial charge in [-0.2, -0.15) is 0 Å². The maximum atomic E-state index is 12.2. The molecule has 0 aromatic heterocycles. The molecule has 6 heteroatoms. The van der Waals surface area contributed by atoms with Gasteiger partial charge in [-0.25, -0.2) is 0 Å². The van der Waals surface area contributed by atoms with Crippen LogP contribution in [0.15, 0.2) is 42.5 Å². The number of benzene rings is 2. The fraction of sp³-hybridized carbons (Fsp3) is 0.188. The Kier molecular flexibility index (Phi) is 6.07. The summed E-state index contributed by atoms with van der Waals surface area (Å²) in [5, 5.41) is 3.56. The average Bonchev–Trinajstić information content (AvgIpc) is 2.49. The predicted molar refractivity (Wildman–Crippen MR) is 88.2 cm³/mol. The second-order valence-electron chi connectivity index (χ2n) is 4.44. The summed E-state index contributed by atoms with van der Waals surface area (Å²) in [7, 11) is 1.61. The maximum absolute atomic E-state index is 12.2. The Morgan fingerprint density at radius 2 is 1.82 bits per heavy atom. The topological polar surface area (TPSA) is 47.6 Å². The first-order valence-corrected chi connectivity index (χ1v) is 7.34. The van der Waals surface area contributed by atoms with E-state index in [4.69, 9.17) is 32.7 Å². The molecule has 0 fully saturated rings. The summed E-state index contributed by atoms with van der Waals surface area (Å²) in [6.45, 7) is 0.996. The summed E-state index contributed by atoms with van der Waals surface area (Å²) in [5.74, 6) is 0.411. The minimum Gasteiger partial charge on any atom is -0.491 e. The molecule has 0 aliphatic heterocycles. The van der Waals surface area contributed by atoms with Gasteiger partial charge in [0.25, 0.3) is 5.91 Å². The normalized spacial score (nSPS) is 10.3. The van der Waals surface area contributed by atoms with E-state index in [0.717, 1.165) is 0 Å². The molecule has 0 radical (unpaired) electrons. The smallest absolute Gasteiger partial charge is 0.257 e. The molecule has 116 valence electrons. The van der Waals surface area contributed by atoms with Crippen LogP contribution in [-0.2, 0) is 4.74 Å². The Morgan fingerprint density at radius 3 is 2.45 bits per heavy atom. The maximum Gasteiger partial charge on any atom is 0.257 e. The highest BCUT2D eigenvalue weighted by atomic mass is 35.5. The lowest BCUT2D eigenvalue weighted by atomic mass is 10.2. The molecule has 2 aromatic rings. The van der Waals surface area contributed by atoms with Crippen molar-refractivity contribution in [1.29, 1.82) is 0 Å². The molecule has 0 aliphatic carbocycles. The molecule has 4 nitrogen and oxygen atoms in total. The molecule has 22 heavy (non-hydrogen) atoms. The molecular weight excluding hydrogens is 325 g/mol. The van der Waals surface area contributed by atoms with Crippen LogP contribution in [0.5, 0.6) is 5.75 Å². The minimum atomic E-state index is -0.297. The van der Waals surface area contributed by atoms with Crippen molar-refractivity contribution < 1.29 is 14.3 Å². The summed E-state index contributed by atoms with van der Waals surface area (Å²) in [6, 6.07) is 11.8. The SMILES string of the molecule is COCCOc1ccc(NC(=O)c2ccc(Cl)cc2Cl)cc1. The number of hydrogen-bond acceptors (Lipinski definition) is 3. The molecule has 2 aromatic carbocycles. The first kappa shape index (κ1) is 16.6. The van der Waals surface area contributed by atoms with Crippen molar-refractivity contribution in [3.63, 3.8) is 0 Å². The van der Waals surface area contributed by atoms with E-state index < -0.39 is 0 Å². The van der Waals surface area contributed by atoms with Crippen molar-refractivity contribution in [2.24, 2.45) is 0 Å². The zero-order valence-electron chi connectivity index (χ0n) is 11.9. The lowest BCUT2D eigenvalue weighted by molar-refractivity contribution is 0.102. The van der Waals surface area contributed by atoms with E-state index in [-0.39, 0.29) is 5.91 Å². The van der Waals surface area contributed by atoms with E-state index in [2.05, 4.69) is 5.32 Å². The van der Waals surface area contributed by atoms with E-state index >= 15 is 0 Å². The first-order chi connectivity index (χ1) is 10.6. The van der Waals surface area contributed by atoms with Crippen LogP contribution >= 0.6 is 23.2 Å². The van der Waals surface area contributed by atoms with Gasteiger partial charge in [-0.05, 0) is 42.5 Å². The molecule has 2 rings (SSSR count). The lowest BCUT2D eigenvalue weighted by Gasteiger charge is -2.09. The zero-order chi connectivity index (χ0) is 15.9. The molecule has 0 saturated carbocycles. The Morgan fingerprint density at radius 1 is 1.09 bits per heavy atom. The van der Waals surface area contributed by atoms with E-state index in [9.17, 15) is 4.79 Å². The largest absolute Gasteiger partial charge is 0.491 e. The summed E-state index contributed by atoms with van der Waals surface area (Å²) >= 11 is 11.8. The highest BCUT2D eigenvalue weighted by Gasteiger charge is 2.11. The van der Waals surface area contributed by atoms with Gasteiger partial charge in [-0.1, -0.05) is 23.2 Å². The average molecular weight is 340 g/mol. The molecule has 0 bridgehead atoms. The summed E-state index contributed by atoms with van der Waals surface area (Å²) in [5.41, 5.74) is 1.02. The molecule has 0 saturated heterocycles. The summed E-state index contributed by atoms with van der Waals surface area (Å²) in [4.78, 5) is 12.2. The Bertz CT molecular complexity index is 644. The molecule has 0 heterocycles. The van der Waals surface area contributed by atoms with Gasteiger partial charge in [0.2, 0.25) is 0 Å². The van der Waals surface area contributed by atoms with Crippen LogP contribution < -0.4 is 10.1 Å². The van der Waals surface area contributed by atoms with Crippen LogP contribution in [0.1, 0.15) is 10.4 Å². The Labute approximate surface area is 138 Å². The van der Waals surface area contributed by atoms with Crippen molar-refractivity contribution in [3.8, 4) is 5.75 Å². The molecule has 1 N–H and O–H groups in total. The number of nitrogens with one attached hydrogen (secondary N) is 1. The number of halogens is 2. The van der Waals surface area contributed by atoms with Gasteiger partial charge in [-0.15, -0.1) is 0 Å². The van der Waals surface area contributed by atoms with Crippen molar-refractivity contribution in [1.82, 2.24) is 0 Å². The third-order valence-electron chi connectivity index (χ3n) is 2.84. The molecule has 0 unspecified atom stereocenters. The molecule has 0 spiro atoms. The number of rotatable bonds is 6. The van der Waals surface area contributed by atoms with Crippen LogP contribution in [0, 0.1) is 0 Å². The summed E-state index contributed by atoms with van der Waals surface area (Å²) in [6.07, 6.45) is 0. The van der Waals surface area contributed by atoms with E-state index in [1.54, 1.807) is 43.5 Å². The van der Waals surface area contributed by atoms with Crippen LogP contribution in [-0.4, -0.2) is 26.2 Å². The zero-order valence-corrected chi connectivity index (χ0v) is 13.4. The van der Waals surface area contributed by atoms with Gasteiger partial charge in [0.15, 0.2) is 0 Å². The number of anilines is 1. The molecule has 0 atom stereocenters. The number of carbonyl (C=O) groups is 1.